The Balaban J connectivity index is 1.63. The Morgan fingerprint density at radius 3 is 2.54 bits per heavy atom. The Kier molecular flexibility index (Phi) is 5.41. The van der Waals surface area contributed by atoms with E-state index in [9.17, 15) is 9.18 Å². The number of nitrogens with one attached hydrogen (secondary N) is 1. The first-order valence-corrected chi connectivity index (χ1v) is 9.33. The number of anilines is 1. The fraction of sp³-hybridized carbons (Fsp3) is 0.316. The minimum Gasteiger partial charge on any atom is -0.381 e. The van der Waals surface area contributed by atoms with Crippen molar-refractivity contribution in [3.63, 3.8) is 0 Å². The van der Waals surface area contributed by atoms with Crippen molar-refractivity contribution in [2.24, 2.45) is 0 Å². The predicted octanol–water partition coefficient (Wildman–Crippen LogP) is 4.26. The summed E-state index contributed by atoms with van der Waals surface area (Å²) in [5.74, 6) is -0.164. The third-order valence-corrected chi connectivity index (χ3v) is 5.00. The van der Waals surface area contributed by atoms with Gasteiger partial charge in [0, 0.05) is 35.3 Å². The van der Waals surface area contributed by atoms with E-state index < -0.39 is 0 Å². The third kappa shape index (κ3) is 4.09. The van der Waals surface area contributed by atoms with Gasteiger partial charge in [-0.05, 0) is 67.6 Å². The van der Waals surface area contributed by atoms with Crippen LogP contribution in [0, 0.1) is 5.82 Å². The number of piperidine rings is 1. The molecule has 3 nitrogen and oxygen atoms in total. The summed E-state index contributed by atoms with van der Waals surface area (Å²) in [5.41, 5.74) is 1.62. The van der Waals surface area contributed by atoms with Crippen molar-refractivity contribution in [3.8, 4) is 0 Å². The van der Waals surface area contributed by atoms with Gasteiger partial charge in [0.2, 0.25) is 0 Å². The van der Waals surface area contributed by atoms with Crippen LogP contribution in [0.15, 0.2) is 53.4 Å². The van der Waals surface area contributed by atoms with E-state index in [0.717, 1.165) is 35.5 Å². The number of benzene rings is 2. The molecule has 3 rings (SSSR count). The molecule has 0 aliphatic carbocycles. The lowest BCUT2D eigenvalue weighted by atomic mass is 10.0. The third-order valence-electron chi connectivity index (χ3n) is 4.26. The molecule has 1 saturated heterocycles. The number of amides is 1. The first-order valence-electron chi connectivity index (χ1n) is 8.11. The fourth-order valence-corrected chi connectivity index (χ4v) is 3.39. The smallest absolute Gasteiger partial charge is 0.253 e. The standard InChI is InChI=1S/C19H21FN2OS/c1-24-18-10-4-14(5-11-18)19(23)22-12-2-3-17(13-22)21-16-8-6-15(20)7-9-16/h4-11,17,21H,2-3,12-13H2,1H3/t17-/m1/s1. The predicted molar refractivity (Wildman–Crippen MR) is 97.2 cm³/mol. The molecule has 2 aromatic carbocycles. The van der Waals surface area contributed by atoms with Crippen molar-refractivity contribution in [3.05, 3.63) is 59.9 Å². The molecule has 0 saturated carbocycles. The Labute approximate surface area is 146 Å². The Bertz CT molecular complexity index is 688. The maximum Gasteiger partial charge on any atom is 0.253 e. The second-order valence-electron chi connectivity index (χ2n) is 5.97. The summed E-state index contributed by atoms with van der Waals surface area (Å²) in [5, 5.41) is 3.40. The molecule has 2 aromatic rings. The highest BCUT2D eigenvalue weighted by atomic mass is 32.2. The zero-order chi connectivity index (χ0) is 16.9. The van der Waals surface area contributed by atoms with Crippen LogP contribution in [0.4, 0.5) is 10.1 Å². The molecule has 1 atom stereocenters. The lowest BCUT2D eigenvalue weighted by Gasteiger charge is -2.33. The fourth-order valence-electron chi connectivity index (χ4n) is 2.98. The average Bonchev–Trinajstić information content (AvgIpc) is 2.63. The van der Waals surface area contributed by atoms with E-state index in [4.69, 9.17) is 0 Å². The molecule has 1 aliphatic heterocycles. The molecule has 0 unspecified atom stereocenters. The molecule has 1 fully saturated rings. The van der Waals surface area contributed by atoms with Crippen LogP contribution >= 0.6 is 11.8 Å². The van der Waals surface area contributed by atoms with Gasteiger partial charge in [-0.25, -0.2) is 4.39 Å². The quantitative estimate of drug-likeness (QED) is 0.841. The van der Waals surface area contributed by atoms with Crippen molar-refractivity contribution < 1.29 is 9.18 Å². The minimum atomic E-state index is -0.241. The first-order chi connectivity index (χ1) is 11.7. The summed E-state index contributed by atoms with van der Waals surface area (Å²) >= 11 is 1.67. The van der Waals surface area contributed by atoms with Crippen LogP contribution in [0.1, 0.15) is 23.2 Å². The van der Waals surface area contributed by atoms with Gasteiger partial charge < -0.3 is 10.2 Å². The van der Waals surface area contributed by atoms with Crippen LogP contribution in [-0.4, -0.2) is 36.2 Å². The highest BCUT2D eigenvalue weighted by Gasteiger charge is 2.24. The summed E-state index contributed by atoms with van der Waals surface area (Å²) in [6.07, 6.45) is 3.99. The van der Waals surface area contributed by atoms with Crippen molar-refractivity contribution in [1.82, 2.24) is 4.90 Å². The van der Waals surface area contributed by atoms with Gasteiger partial charge in [-0.15, -0.1) is 11.8 Å². The summed E-state index contributed by atoms with van der Waals surface area (Å²) in [7, 11) is 0. The van der Waals surface area contributed by atoms with Gasteiger partial charge in [0.05, 0.1) is 0 Å². The van der Waals surface area contributed by atoms with Crippen molar-refractivity contribution >= 4 is 23.4 Å². The summed E-state index contributed by atoms with van der Waals surface area (Å²) in [6.45, 7) is 1.45. The van der Waals surface area contributed by atoms with Gasteiger partial charge >= 0.3 is 0 Å². The zero-order valence-electron chi connectivity index (χ0n) is 13.7. The molecule has 1 amide bonds. The molecule has 1 N–H and O–H groups in total. The molecule has 1 aliphatic rings. The largest absolute Gasteiger partial charge is 0.381 e. The second kappa shape index (κ2) is 7.71. The molecule has 24 heavy (non-hydrogen) atoms. The Hall–Kier alpha value is -2.01. The normalized spacial score (nSPS) is 17.6. The van der Waals surface area contributed by atoms with Crippen LogP contribution < -0.4 is 5.32 Å². The lowest BCUT2D eigenvalue weighted by molar-refractivity contribution is 0.0715. The van der Waals surface area contributed by atoms with Gasteiger partial charge in [-0.1, -0.05) is 0 Å². The van der Waals surface area contributed by atoms with Crippen LogP contribution in [-0.2, 0) is 0 Å². The maximum atomic E-state index is 13.0. The van der Waals surface area contributed by atoms with E-state index in [2.05, 4.69) is 5.32 Å². The number of hydrogen-bond acceptors (Lipinski definition) is 3. The van der Waals surface area contributed by atoms with E-state index in [-0.39, 0.29) is 17.8 Å². The van der Waals surface area contributed by atoms with E-state index in [0.29, 0.717) is 6.54 Å². The number of hydrogen-bond donors (Lipinski definition) is 1. The lowest BCUT2D eigenvalue weighted by Crippen LogP contribution is -2.45. The second-order valence-corrected chi connectivity index (χ2v) is 6.85. The van der Waals surface area contributed by atoms with Gasteiger partial charge in [0.15, 0.2) is 0 Å². The molecule has 0 spiro atoms. The molecule has 126 valence electrons. The number of thioether (sulfide) groups is 1. The van der Waals surface area contributed by atoms with Crippen LogP contribution in [0.5, 0.6) is 0 Å². The monoisotopic (exact) mass is 344 g/mol. The molecule has 0 aromatic heterocycles. The number of rotatable bonds is 4. The maximum absolute atomic E-state index is 13.0. The zero-order valence-corrected chi connectivity index (χ0v) is 14.5. The highest BCUT2D eigenvalue weighted by molar-refractivity contribution is 7.98. The molecule has 0 bridgehead atoms. The van der Waals surface area contributed by atoms with Gasteiger partial charge in [0.1, 0.15) is 5.82 Å². The number of halogens is 1. The number of nitrogens with zero attached hydrogens (tertiary/aromatic N) is 1. The average molecular weight is 344 g/mol. The number of carbonyl (C=O) groups excluding carboxylic acids is 1. The summed E-state index contributed by atoms with van der Waals surface area (Å²) in [6, 6.07) is 14.3. The van der Waals surface area contributed by atoms with Crippen molar-refractivity contribution in [2.75, 3.05) is 24.7 Å². The van der Waals surface area contributed by atoms with Crippen LogP contribution in [0.2, 0.25) is 0 Å². The van der Waals surface area contributed by atoms with Crippen molar-refractivity contribution in [2.45, 2.75) is 23.8 Å². The Morgan fingerprint density at radius 2 is 1.88 bits per heavy atom. The number of carbonyl (C=O) groups is 1. The van der Waals surface area contributed by atoms with Gasteiger partial charge in [0.25, 0.3) is 5.91 Å². The molecular formula is C19H21FN2OS. The van der Waals surface area contributed by atoms with E-state index in [1.165, 1.54) is 12.1 Å². The van der Waals surface area contributed by atoms with E-state index >= 15 is 0 Å². The molecule has 5 heteroatoms. The molecule has 1 heterocycles. The molecular weight excluding hydrogens is 323 g/mol. The van der Waals surface area contributed by atoms with Crippen LogP contribution in [0.25, 0.3) is 0 Å². The van der Waals surface area contributed by atoms with Gasteiger partial charge in [-0.3, -0.25) is 4.79 Å². The van der Waals surface area contributed by atoms with E-state index in [1.807, 2.05) is 35.4 Å². The van der Waals surface area contributed by atoms with E-state index in [1.54, 1.807) is 23.9 Å². The first kappa shape index (κ1) is 16.8. The SMILES string of the molecule is CSc1ccc(C(=O)N2CCC[C@@H](Nc3ccc(F)cc3)C2)cc1. The van der Waals surface area contributed by atoms with Crippen molar-refractivity contribution in [1.29, 1.82) is 0 Å². The van der Waals surface area contributed by atoms with Gasteiger partial charge in [-0.2, -0.15) is 0 Å². The number of likely N-dealkylation sites (tertiary alicyclic amines) is 1. The topological polar surface area (TPSA) is 32.3 Å². The minimum absolute atomic E-state index is 0.0771. The Morgan fingerprint density at radius 1 is 1.17 bits per heavy atom. The summed E-state index contributed by atoms with van der Waals surface area (Å²) < 4.78 is 13.0. The molecule has 0 radical (unpaired) electrons. The summed E-state index contributed by atoms with van der Waals surface area (Å²) in [4.78, 5) is 15.7. The highest BCUT2D eigenvalue weighted by Crippen LogP contribution is 2.20. The van der Waals surface area contributed by atoms with Crippen LogP contribution in [0.3, 0.4) is 0 Å².